The largest absolute Gasteiger partial charge is 0.416 e. The van der Waals surface area contributed by atoms with Crippen LogP contribution in [0.4, 0.5) is 23.2 Å². The lowest BCUT2D eigenvalue weighted by Crippen LogP contribution is -2.58. The van der Waals surface area contributed by atoms with Crippen LogP contribution in [0.5, 0.6) is 0 Å². The van der Waals surface area contributed by atoms with Crippen molar-refractivity contribution in [1.82, 2.24) is 19.2 Å². The molecule has 0 N–H and O–H groups in total. The molecule has 1 saturated heterocycles. The van der Waals surface area contributed by atoms with Gasteiger partial charge in [-0.1, -0.05) is 13.0 Å². The predicted molar refractivity (Wildman–Crippen MR) is 128 cm³/mol. The summed E-state index contributed by atoms with van der Waals surface area (Å²) in [7, 11) is 1.64. The lowest BCUT2D eigenvalue weighted by Gasteiger charge is -2.49. The Morgan fingerprint density at radius 3 is 2.61 bits per heavy atom. The summed E-state index contributed by atoms with van der Waals surface area (Å²) in [4.78, 5) is 16.8. The van der Waals surface area contributed by atoms with Gasteiger partial charge in [0.05, 0.1) is 29.0 Å². The van der Waals surface area contributed by atoms with Crippen LogP contribution >= 0.6 is 0 Å². The molecular weight excluding hydrogens is 476 g/mol. The number of fused-ring (bicyclic) bond motifs is 1. The predicted octanol–water partition coefficient (Wildman–Crippen LogP) is 4.47. The van der Waals surface area contributed by atoms with Crippen LogP contribution in [0.15, 0.2) is 35.3 Å². The van der Waals surface area contributed by atoms with E-state index >= 15 is 0 Å². The third-order valence-electron chi connectivity index (χ3n) is 7.10. The monoisotopic (exact) mass is 504 g/mol. The first-order chi connectivity index (χ1) is 17.0. The van der Waals surface area contributed by atoms with E-state index in [0.717, 1.165) is 6.07 Å². The van der Waals surface area contributed by atoms with Gasteiger partial charge < -0.3 is 9.47 Å². The summed E-state index contributed by atoms with van der Waals surface area (Å²) in [5, 5.41) is 13.6. The highest BCUT2D eigenvalue weighted by molar-refractivity contribution is 5.88. The topological polar surface area (TPSA) is 70.1 Å². The number of nitriles is 1. The Kier molecular flexibility index (Phi) is 6.84. The van der Waals surface area contributed by atoms with Gasteiger partial charge >= 0.3 is 6.18 Å². The fourth-order valence-corrected chi connectivity index (χ4v) is 5.17. The summed E-state index contributed by atoms with van der Waals surface area (Å²) in [6.07, 6.45) is -2.34. The van der Waals surface area contributed by atoms with Crippen LogP contribution in [0.1, 0.15) is 44.4 Å². The molecule has 2 aromatic heterocycles. The SMILES string of the molecule is CC[C@@H]1CN(c2cc(=O)n(C)c3cn(CC#N)nc23)[C@@H](C)CN1[C@@H](C)c1ccc(F)cc1C(F)(F)F. The Hall–Kier alpha value is -3.39. The minimum absolute atomic E-state index is 0.0363. The number of pyridine rings is 1. The summed E-state index contributed by atoms with van der Waals surface area (Å²) in [6.45, 7) is 6.58. The normalized spacial score (nSPS) is 20.0. The van der Waals surface area contributed by atoms with Crippen molar-refractivity contribution in [1.29, 1.82) is 5.26 Å². The van der Waals surface area contributed by atoms with E-state index in [4.69, 9.17) is 5.26 Å². The third kappa shape index (κ3) is 4.57. The maximum Gasteiger partial charge on any atom is 0.416 e. The van der Waals surface area contributed by atoms with Crippen molar-refractivity contribution < 1.29 is 17.6 Å². The molecule has 36 heavy (non-hydrogen) atoms. The van der Waals surface area contributed by atoms with Crippen LogP contribution < -0.4 is 10.5 Å². The maximum absolute atomic E-state index is 13.7. The van der Waals surface area contributed by atoms with E-state index in [1.54, 1.807) is 20.2 Å². The lowest BCUT2D eigenvalue weighted by molar-refractivity contribution is -0.139. The fourth-order valence-electron chi connectivity index (χ4n) is 5.17. The highest BCUT2D eigenvalue weighted by Gasteiger charge is 2.40. The molecule has 0 radical (unpaired) electrons. The van der Waals surface area contributed by atoms with Crippen molar-refractivity contribution in [3.63, 3.8) is 0 Å². The molecule has 192 valence electrons. The zero-order valence-electron chi connectivity index (χ0n) is 20.6. The van der Waals surface area contributed by atoms with Gasteiger partial charge in [-0.15, -0.1) is 0 Å². The molecule has 3 atom stereocenters. The number of alkyl halides is 3. The first-order valence-corrected chi connectivity index (χ1v) is 11.8. The molecule has 0 bridgehead atoms. The van der Waals surface area contributed by atoms with Gasteiger partial charge in [-0.25, -0.2) is 4.39 Å². The number of nitrogens with zero attached hydrogens (tertiary/aromatic N) is 6. The molecule has 3 heterocycles. The maximum atomic E-state index is 13.7. The number of halogens is 4. The van der Waals surface area contributed by atoms with Crippen molar-refractivity contribution in [3.8, 4) is 6.07 Å². The smallest absolute Gasteiger partial charge is 0.364 e. The van der Waals surface area contributed by atoms with Crippen LogP contribution in [0, 0.1) is 17.1 Å². The number of piperazine rings is 1. The van der Waals surface area contributed by atoms with Gasteiger partial charge in [0.25, 0.3) is 5.56 Å². The van der Waals surface area contributed by atoms with E-state index in [0.29, 0.717) is 42.3 Å². The molecule has 1 aliphatic heterocycles. The highest BCUT2D eigenvalue weighted by Crippen LogP contribution is 2.39. The molecule has 7 nitrogen and oxygen atoms in total. The van der Waals surface area contributed by atoms with Crippen molar-refractivity contribution in [2.24, 2.45) is 7.05 Å². The Morgan fingerprint density at radius 1 is 1.25 bits per heavy atom. The van der Waals surface area contributed by atoms with E-state index < -0.39 is 23.6 Å². The van der Waals surface area contributed by atoms with E-state index in [1.165, 1.54) is 21.4 Å². The molecule has 1 fully saturated rings. The number of aromatic nitrogens is 3. The molecule has 11 heteroatoms. The van der Waals surface area contributed by atoms with E-state index in [9.17, 15) is 22.4 Å². The number of benzene rings is 1. The molecule has 0 saturated carbocycles. The van der Waals surface area contributed by atoms with Crippen molar-refractivity contribution >= 4 is 16.7 Å². The minimum Gasteiger partial charge on any atom is -0.364 e. The number of hydrogen-bond donors (Lipinski definition) is 0. The van der Waals surface area contributed by atoms with Gasteiger partial charge in [0.15, 0.2) is 0 Å². The van der Waals surface area contributed by atoms with Crippen LogP contribution in [0.3, 0.4) is 0 Å². The Bertz CT molecular complexity index is 1370. The zero-order valence-corrected chi connectivity index (χ0v) is 20.6. The molecule has 0 spiro atoms. The molecule has 4 rings (SSSR count). The second-order valence-electron chi connectivity index (χ2n) is 9.31. The summed E-state index contributed by atoms with van der Waals surface area (Å²) in [6, 6.07) is 5.54. The third-order valence-corrected chi connectivity index (χ3v) is 7.10. The average Bonchev–Trinajstić information content (AvgIpc) is 3.25. The lowest BCUT2D eigenvalue weighted by atomic mass is 9.95. The summed E-state index contributed by atoms with van der Waals surface area (Å²) in [5.74, 6) is -0.922. The second kappa shape index (κ2) is 9.58. The van der Waals surface area contributed by atoms with Gasteiger partial charge in [0.2, 0.25) is 0 Å². The summed E-state index contributed by atoms with van der Waals surface area (Å²) >= 11 is 0. The molecule has 0 amide bonds. The van der Waals surface area contributed by atoms with Crippen LogP contribution in [-0.2, 0) is 19.8 Å². The van der Waals surface area contributed by atoms with Crippen molar-refractivity contribution in [2.75, 3.05) is 18.0 Å². The van der Waals surface area contributed by atoms with Crippen LogP contribution in [0.25, 0.3) is 11.0 Å². The zero-order chi connectivity index (χ0) is 26.4. The second-order valence-corrected chi connectivity index (χ2v) is 9.31. The number of hydrogen-bond acceptors (Lipinski definition) is 5. The van der Waals surface area contributed by atoms with Gasteiger partial charge in [-0.2, -0.15) is 23.5 Å². The summed E-state index contributed by atoms with van der Waals surface area (Å²) < 4.78 is 57.8. The number of aryl methyl sites for hydroxylation is 1. The Labute approximate surface area is 206 Å². The Morgan fingerprint density at radius 2 is 1.97 bits per heavy atom. The number of anilines is 1. The molecule has 0 unspecified atom stereocenters. The van der Waals surface area contributed by atoms with Gasteiger partial charge in [0.1, 0.15) is 17.9 Å². The van der Waals surface area contributed by atoms with Crippen LogP contribution in [0.2, 0.25) is 0 Å². The van der Waals surface area contributed by atoms with Gasteiger partial charge in [-0.3, -0.25) is 14.4 Å². The first-order valence-electron chi connectivity index (χ1n) is 11.8. The standard InChI is InChI=1S/C25H28F4N6O/c1-5-18-13-34(21-11-23(36)32(4)22-14-33(9-8-30)31-24(21)22)15(2)12-35(18)16(3)19-7-6-17(26)10-20(19)25(27,28)29/h6-7,10-11,14-16,18H,5,9,12-13H2,1-4H3/t15-,16-,18+/m0/s1. The van der Waals surface area contributed by atoms with Crippen molar-refractivity contribution in [2.45, 2.75) is 58.0 Å². The number of rotatable bonds is 5. The molecule has 1 aromatic carbocycles. The minimum atomic E-state index is -4.67. The quantitative estimate of drug-likeness (QED) is 0.480. The Balaban J connectivity index is 1.71. The van der Waals surface area contributed by atoms with Crippen molar-refractivity contribution in [3.05, 3.63) is 57.8 Å². The first kappa shape index (κ1) is 25.7. The van der Waals surface area contributed by atoms with E-state index in [1.807, 2.05) is 24.8 Å². The fraction of sp³-hybridized carbons (Fsp3) is 0.480. The summed E-state index contributed by atoms with van der Waals surface area (Å²) in [5.41, 5.74) is 0.691. The molecule has 3 aromatic rings. The molecule has 0 aliphatic carbocycles. The average molecular weight is 505 g/mol. The molecular formula is C25H28F4N6O. The molecule has 1 aliphatic rings. The van der Waals surface area contributed by atoms with Gasteiger partial charge in [0, 0.05) is 44.3 Å². The van der Waals surface area contributed by atoms with Gasteiger partial charge in [-0.05, 0) is 38.0 Å². The van der Waals surface area contributed by atoms with Crippen LogP contribution in [-0.4, -0.2) is 44.4 Å². The highest BCUT2D eigenvalue weighted by atomic mass is 19.4. The van der Waals surface area contributed by atoms with E-state index in [-0.39, 0.29) is 29.8 Å². The van der Waals surface area contributed by atoms with E-state index in [2.05, 4.69) is 10.00 Å².